The molecule has 2 amide bonds. The molecular formula is C21H25N3O4. The van der Waals surface area contributed by atoms with Gasteiger partial charge in [-0.15, -0.1) is 0 Å². The first-order chi connectivity index (χ1) is 13.7. The number of amides is 2. The molecule has 1 saturated heterocycles. The summed E-state index contributed by atoms with van der Waals surface area (Å²) in [5.41, 5.74) is 1.86. The predicted octanol–water partition coefficient (Wildman–Crippen LogP) is 2.43. The van der Waals surface area contributed by atoms with Crippen LogP contribution in [0.4, 0.5) is 9.59 Å². The normalized spacial score (nSPS) is 18.3. The van der Waals surface area contributed by atoms with Crippen LogP contribution in [0.2, 0.25) is 0 Å². The standard InChI is InChI=1S/C21H25N3O4/c25-20(27-14-16-7-3-1-4-8-16)23-12-18-11-22-13-19(18)24-21(26)28-15-17-9-5-2-6-10-17/h1-10,18-19,22H,11-15H2,(H,23,25)(H,24,26). The topological polar surface area (TPSA) is 88.7 Å². The van der Waals surface area contributed by atoms with Gasteiger partial charge >= 0.3 is 12.2 Å². The molecule has 2 atom stereocenters. The summed E-state index contributed by atoms with van der Waals surface area (Å²) in [5.74, 6) is 0.0635. The fraction of sp³-hybridized carbons (Fsp3) is 0.333. The Balaban J connectivity index is 1.36. The van der Waals surface area contributed by atoms with E-state index in [2.05, 4.69) is 16.0 Å². The average Bonchev–Trinajstić information content (AvgIpc) is 3.17. The number of benzene rings is 2. The molecule has 0 bridgehead atoms. The smallest absolute Gasteiger partial charge is 0.407 e. The van der Waals surface area contributed by atoms with E-state index in [0.29, 0.717) is 19.6 Å². The number of rotatable bonds is 7. The molecule has 3 rings (SSSR count). The number of alkyl carbamates (subject to hydrolysis) is 2. The average molecular weight is 383 g/mol. The second kappa shape index (κ2) is 10.3. The number of ether oxygens (including phenoxy) is 2. The maximum atomic E-state index is 12.0. The Bertz CT molecular complexity index is 755. The van der Waals surface area contributed by atoms with Crippen molar-refractivity contribution in [3.63, 3.8) is 0 Å². The Hall–Kier alpha value is -3.06. The molecular weight excluding hydrogens is 358 g/mol. The first-order valence-electron chi connectivity index (χ1n) is 9.33. The number of nitrogens with one attached hydrogen (secondary N) is 3. The SMILES string of the molecule is O=C(NCC1CNCC1NC(=O)OCc1ccccc1)OCc1ccccc1. The number of hydrogen-bond acceptors (Lipinski definition) is 5. The van der Waals surface area contributed by atoms with Crippen LogP contribution in [-0.4, -0.2) is 37.9 Å². The molecule has 7 nitrogen and oxygen atoms in total. The highest BCUT2D eigenvalue weighted by molar-refractivity contribution is 5.68. The van der Waals surface area contributed by atoms with Gasteiger partial charge in [0.15, 0.2) is 0 Å². The molecule has 2 aromatic carbocycles. The van der Waals surface area contributed by atoms with Crippen LogP contribution in [0.3, 0.4) is 0 Å². The highest BCUT2D eigenvalue weighted by atomic mass is 16.6. The van der Waals surface area contributed by atoms with E-state index < -0.39 is 12.2 Å². The van der Waals surface area contributed by atoms with Gasteiger partial charge in [0.1, 0.15) is 13.2 Å². The molecule has 3 N–H and O–H groups in total. The van der Waals surface area contributed by atoms with Crippen LogP contribution < -0.4 is 16.0 Å². The fourth-order valence-corrected chi connectivity index (χ4v) is 3.02. The molecule has 0 aliphatic carbocycles. The summed E-state index contributed by atoms with van der Waals surface area (Å²) in [5, 5.41) is 8.85. The lowest BCUT2D eigenvalue weighted by Gasteiger charge is -2.20. The first-order valence-corrected chi connectivity index (χ1v) is 9.33. The van der Waals surface area contributed by atoms with Crippen molar-refractivity contribution in [2.75, 3.05) is 19.6 Å². The van der Waals surface area contributed by atoms with Gasteiger partial charge in [0.25, 0.3) is 0 Å². The summed E-state index contributed by atoms with van der Waals surface area (Å²) in [4.78, 5) is 23.9. The van der Waals surface area contributed by atoms with Crippen LogP contribution in [0.25, 0.3) is 0 Å². The summed E-state index contributed by atoms with van der Waals surface area (Å²) in [6.45, 7) is 2.18. The highest BCUT2D eigenvalue weighted by Gasteiger charge is 2.29. The molecule has 7 heteroatoms. The van der Waals surface area contributed by atoms with Gasteiger partial charge in [0.05, 0.1) is 6.04 Å². The largest absolute Gasteiger partial charge is 0.445 e. The third-order valence-corrected chi connectivity index (χ3v) is 4.58. The van der Waals surface area contributed by atoms with E-state index in [9.17, 15) is 9.59 Å². The fourth-order valence-electron chi connectivity index (χ4n) is 3.02. The maximum absolute atomic E-state index is 12.0. The quantitative estimate of drug-likeness (QED) is 0.683. The summed E-state index contributed by atoms with van der Waals surface area (Å²) >= 11 is 0. The van der Waals surface area contributed by atoms with E-state index in [1.54, 1.807) is 0 Å². The van der Waals surface area contributed by atoms with Crippen molar-refractivity contribution in [2.45, 2.75) is 19.3 Å². The van der Waals surface area contributed by atoms with Crippen LogP contribution in [0.15, 0.2) is 60.7 Å². The van der Waals surface area contributed by atoms with Crippen LogP contribution >= 0.6 is 0 Å². The van der Waals surface area contributed by atoms with E-state index in [1.165, 1.54) is 0 Å². The summed E-state index contributed by atoms with van der Waals surface area (Å²) in [6.07, 6.45) is -0.935. The van der Waals surface area contributed by atoms with E-state index >= 15 is 0 Å². The first kappa shape index (κ1) is 19.7. The lowest BCUT2D eigenvalue weighted by Crippen LogP contribution is -2.44. The van der Waals surface area contributed by atoms with Gasteiger partial charge in [-0.3, -0.25) is 0 Å². The molecule has 0 spiro atoms. The van der Waals surface area contributed by atoms with Crippen molar-refractivity contribution in [1.82, 2.24) is 16.0 Å². The van der Waals surface area contributed by atoms with Crippen LogP contribution in [-0.2, 0) is 22.7 Å². The van der Waals surface area contributed by atoms with Crippen molar-refractivity contribution in [1.29, 1.82) is 0 Å². The molecule has 1 aliphatic rings. The van der Waals surface area contributed by atoms with Gasteiger partial charge in [-0.1, -0.05) is 60.7 Å². The lowest BCUT2D eigenvalue weighted by atomic mass is 10.0. The Morgan fingerprint density at radius 2 is 1.43 bits per heavy atom. The minimum Gasteiger partial charge on any atom is -0.445 e. The number of carbonyl (C=O) groups is 2. The van der Waals surface area contributed by atoms with Crippen molar-refractivity contribution in [3.8, 4) is 0 Å². The molecule has 1 fully saturated rings. The number of carbonyl (C=O) groups excluding carboxylic acids is 2. The predicted molar refractivity (Wildman–Crippen MR) is 105 cm³/mol. The molecule has 148 valence electrons. The monoisotopic (exact) mass is 383 g/mol. The van der Waals surface area contributed by atoms with Gasteiger partial charge in [-0.2, -0.15) is 0 Å². The van der Waals surface area contributed by atoms with Crippen LogP contribution in [0.1, 0.15) is 11.1 Å². The third kappa shape index (κ3) is 6.28. The molecule has 2 unspecified atom stereocenters. The van der Waals surface area contributed by atoms with Crippen molar-refractivity contribution in [2.24, 2.45) is 5.92 Å². The van der Waals surface area contributed by atoms with Gasteiger partial charge in [0.2, 0.25) is 0 Å². The second-order valence-corrected chi connectivity index (χ2v) is 6.67. The lowest BCUT2D eigenvalue weighted by molar-refractivity contribution is 0.132. The molecule has 0 radical (unpaired) electrons. The van der Waals surface area contributed by atoms with Gasteiger partial charge in [0, 0.05) is 25.6 Å². The summed E-state index contributed by atoms with van der Waals surface area (Å²) in [7, 11) is 0. The Labute approximate surface area is 164 Å². The minimum atomic E-state index is -0.471. The number of hydrogen-bond donors (Lipinski definition) is 3. The molecule has 1 heterocycles. The molecule has 0 saturated carbocycles. The molecule has 2 aromatic rings. The molecule has 0 aromatic heterocycles. The van der Waals surface area contributed by atoms with E-state index in [-0.39, 0.29) is 25.2 Å². The van der Waals surface area contributed by atoms with E-state index in [1.807, 2.05) is 60.7 Å². The zero-order valence-electron chi connectivity index (χ0n) is 15.6. The van der Waals surface area contributed by atoms with Crippen molar-refractivity contribution in [3.05, 3.63) is 71.8 Å². The van der Waals surface area contributed by atoms with E-state index in [4.69, 9.17) is 9.47 Å². The minimum absolute atomic E-state index is 0.0635. The molecule has 1 aliphatic heterocycles. The van der Waals surface area contributed by atoms with Crippen LogP contribution in [0.5, 0.6) is 0 Å². The van der Waals surface area contributed by atoms with Gasteiger partial charge < -0.3 is 25.4 Å². The Morgan fingerprint density at radius 1 is 0.857 bits per heavy atom. The van der Waals surface area contributed by atoms with Gasteiger partial charge in [-0.25, -0.2) is 9.59 Å². The Kier molecular flexibility index (Phi) is 7.26. The van der Waals surface area contributed by atoms with Crippen LogP contribution in [0, 0.1) is 5.92 Å². The third-order valence-electron chi connectivity index (χ3n) is 4.58. The van der Waals surface area contributed by atoms with Gasteiger partial charge in [-0.05, 0) is 11.1 Å². The zero-order chi connectivity index (χ0) is 19.6. The van der Waals surface area contributed by atoms with E-state index in [0.717, 1.165) is 11.1 Å². The Morgan fingerprint density at radius 3 is 2.04 bits per heavy atom. The highest BCUT2D eigenvalue weighted by Crippen LogP contribution is 2.09. The summed E-state index contributed by atoms with van der Waals surface area (Å²) < 4.78 is 10.5. The summed E-state index contributed by atoms with van der Waals surface area (Å²) in [6, 6.07) is 18.9. The van der Waals surface area contributed by atoms with Crippen molar-refractivity contribution < 1.29 is 19.1 Å². The maximum Gasteiger partial charge on any atom is 0.407 e. The second-order valence-electron chi connectivity index (χ2n) is 6.67. The molecule has 28 heavy (non-hydrogen) atoms. The van der Waals surface area contributed by atoms with Crippen molar-refractivity contribution >= 4 is 12.2 Å². The zero-order valence-corrected chi connectivity index (χ0v) is 15.6.